The maximum Gasteiger partial charge on any atom is 0.281 e. The lowest BCUT2D eigenvalue weighted by atomic mass is 10.2. The summed E-state index contributed by atoms with van der Waals surface area (Å²) in [5.74, 6) is 0. The van der Waals surface area contributed by atoms with Gasteiger partial charge in [-0.2, -0.15) is 0 Å². The van der Waals surface area contributed by atoms with Gasteiger partial charge in [0.1, 0.15) is 0 Å². The van der Waals surface area contributed by atoms with Gasteiger partial charge in [0.05, 0.1) is 6.04 Å². The van der Waals surface area contributed by atoms with Crippen LogP contribution in [0, 0.1) is 0 Å². The molecule has 1 unspecified atom stereocenters. The molecular weight excluding hydrogens is 267 g/mol. The minimum atomic E-state index is -0.0266. The van der Waals surface area contributed by atoms with E-state index in [1.54, 1.807) is 22.6 Å². The summed E-state index contributed by atoms with van der Waals surface area (Å²) in [6, 6.07) is 4.04. The number of aryl methyl sites for hydroxylation is 1. The Labute approximate surface area is 85.3 Å². The summed E-state index contributed by atoms with van der Waals surface area (Å²) in [4.78, 5) is 10.7. The fourth-order valence-corrected chi connectivity index (χ4v) is 1.64. The molecule has 1 atom stereocenters. The van der Waals surface area contributed by atoms with Crippen molar-refractivity contribution < 1.29 is 4.79 Å². The molecular formula is C8H11IN2O. The number of amides is 1. The lowest BCUT2D eigenvalue weighted by Gasteiger charge is -2.12. The molecule has 1 rings (SSSR count). The molecule has 0 saturated carbocycles. The fraction of sp³-hybridized carbons (Fsp3) is 0.375. The highest BCUT2D eigenvalue weighted by molar-refractivity contribution is 14.1. The molecule has 0 aliphatic rings. The van der Waals surface area contributed by atoms with E-state index in [1.165, 1.54) is 0 Å². The highest BCUT2D eigenvalue weighted by Gasteiger charge is 2.08. The lowest BCUT2D eigenvalue weighted by molar-refractivity contribution is 0.260. The van der Waals surface area contributed by atoms with Gasteiger partial charge < -0.3 is 9.88 Å². The summed E-state index contributed by atoms with van der Waals surface area (Å²) in [7, 11) is 1.96. The Hall–Kier alpha value is -0.520. The Morgan fingerprint density at radius 2 is 2.42 bits per heavy atom. The number of nitrogens with one attached hydrogen (secondary N) is 1. The smallest absolute Gasteiger partial charge is 0.281 e. The Balaban J connectivity index is 2.71. The van der Waals surface area contributed by atoms with E-state index in [0.717, 1.165) is 5.69 Å². The largest absolute Gasteiger partial charge is 0.353 e. The number of nitrogens with zero attached hydrogens (tertiary/aromatic N) is 1. The number of aromatic nitrogens is 1. The first-order valence-electron chi connectivity index (χ1n) is 3.68. The summed E-state index contributed by atoms with van der Waals surface area (Å²) in [6.45, 7) is 1.96. The van der Waals surface area contributed by atoms with E-state index in [9.17, 15) is 4.79 Å². The van der Waals surface area contributed by atoms with E-state index < -0.39 is 0 Å². The Kier molecular flexibility index (Phi) is 3.13. The molecule has 0 fully saturated rings. The van der Waals surface area contributed by atoms with Gasteiger partial charge in [0.25, 0.3) is 3.91 Å². The maximum absolute atomic E-state index is 10.7. The average Bonchev–Trinajstić information content (AvgIpc) is 2.33. The first kappa shape index (κ1) is 9.57. The topological polar surface area (TPSA) is 34.0 Å². The monoisotopic (exact) mass is 278 g/mol. The average molecular weight is 278 g/mol. The standard InChI is InChI=1S/C8H11IN2O/c1-6(10-8(9)12)7-4-3-5-11(7)2/h3-6H,1-2H3,(H,10,12). The van der Waals surface area contributed by atoms with Gasteiger partial charge in [0, 0.05) is 41.5 Å². The van der Waals surface area contributed by atoms with Gasteiger partial charge in [0.15, 0.2) is 0 Å². The second-order valence-corrected chi connectivity index (χ2v) is 3.66. The van der Waals surface area contributed by atoms with Crippen LogP contribution in [0.1, 0.15) is 18.7 Å². The summed E-state index contributed by atoms with van der Waals surface area (Å²) < 4.78 is 1.97. The van der Waals surface area contributed by atoms with Gasteiger partial charge in [-0.05, 0) is 19.1 Å². The van der Waals surface area contributed by atoms with Crippen LogP contribution < -0.4 is 5.32 Å². The van der Waals surface area contributed by atoms with Crippen molar-refractivity contribution in [1.82, 2.24) is 9.88 Å². The third kappa shape index (κ3) is 2.23. The summed E-state index contributed by atoms with van der Waals surface area (Å²) in [5.41, 5.74) is 1.11. The van der Waals surface area contributed by atoms with E-state index in [1.807, 2.05) is 36.9 Å². The second-order valence-electron chi connectivity index (χ2n) is 2.68. The van der Waals surface area contributed by atoms with Crippen LogP contribution in [0.15, 0.2) is 18.3 Å². The SMILES string of the molecule is CC(NC(=O)I)c1cccn1C. The number of carbonyl (C=O) groups is 1. The Morgan fingerprint density at radius 3 is 2.83 bits per heavy atom. The van der Waals surface area contributed by atoms with E-state index in [4.69, 9.17) is 0 Å². The summed E-state index contributed by atoms with van der Waals surface area (Å²) in [6.07, 6.45) is 1.96. The van der Waals surface area contributed by atoms with Crippen LogP contribution in [-0.4, -0.2) is 8.48 Å². The van der Waals surface area contributed by atoms with Crippen molar-refractivity contribution >= 4 is 26.5 Å². The molecule has 1 aromatic heterocycles. The molecule has 3 nitrogen and oxygen atoms in total. The molecule has 0 aromatic carbocycles. The van der Waals surface area contributed by atoms with E-state index >= 15 is 0 Å². The molecule has 1 N–H and O–H groups in total. The predicted octanol–water partition coefficient (Wildman–Crippen LogP) is 2.23. The normalized spacial score (nSPS) is 12.6. The van der Waals surface area contributed by atoms with E-state index in [2.05, 4.69) is 5.32 Å². The zero-order valence-corrected chi connectivity index (χ0v) is 9.20. The minimum absolute atomic E-state index is 0.0266. The van der Waals surface area contributed by atoms with Gasteiger partial charge in [-0.25, -0.2) is 0 Å². The third-order valence-electron chi connectivity index (χ3n) is 1.76. The fourth-order valence-electron chi connectivity index (χ4n) is 1.17. The molecule has 0 aliphatic carbocycles. The van der Waals surface area contributed by atoms with Crippen LogP contribution in [0.5, 0.6) is 0 Å². The van der Waals surface area contributed by atoms with Crippen LogP contribution in [0.4, 0.5) is 4.79 Å². The summed E-state index contributed by atoms with van der Waals surface area (Å²) in [5, 5.41) is 2.81. The molecule has 0 bridgehead atoms. The van der Waals surface area contributed by atoms with Crippen molar-refractivity contribution in [2.45, 2.75) is 13.0 Å². The summed E-state index contributed by atoms with van der Waals surface area (Å²) >= 11 is 1.74. The van der Waals surface area contributed by atoms with Crippen molar-refractivity contribution in [1.29, 1.82) is 0 Å². The van der Waals surface area contributed by atoms with Crippen molar-refractivity contribution in [2.24, 2.45) is 7.05 Å². The van der Waals surface area contributed by atoms with E-state index in [0.29, 0.717) is 0 Å². The van der Waals surface area contributed by atoms with Crippen LogP contribution in [-0.2, 0) is 7.05 Å². The van der Waals surface area contributed by atoms with Gasteiger partial charge in [0.2, 0.25) is 0 Å². The lowest BCUT2D eigenvalue weighted by Crippen LogP contribution is -2.22. The van der Waals surface area contributed by atoms with E-state index in [-0.39, 0.29) is 9.96 Å². The maximum atomic E-state index is 10.7. The zero-order chi connectivity index (χ0) is 9.14. The van der Waals surface area contributed by atoms with Gasteiger partial charge in [-0.15, -0.1) is 0 Å². The van der Waals surface area contributed by atoms with Crippen molar-refractivity contribution in [3.8, 4) is 0 Å². The number of hydrogen-bond donors (Lipinski definition) is 1. The van der Waals surface area contributed by atoms with Crippen LogP contribution in [0.3, 0.4) is 0 Å². The van der Waals surface area contributed by atoms with Gasteiger partial charge >= 0.3 is 0 Å². The van der Waals surface area contributed by atoms with Gasteiger partial charge in [-0.1, -0.05) is 0 Å². The van der Waals surface area contributed by atoms with Crippen molar-refractivity contribution in [3.05, 3.63) is 24.0 Å². The molecule has 1 aromatic rings. The molecule has 0 radical (unpaired) electrons. The third-order valence-corrected chi connectivity index (χ3v) is 2.07. The highest BCUT2D eigenvalue weighted by atomic mass is 127. The quantitative estimate of drug-likeness (QED) is 0.502. The first-order valence-corrected chi connectivity index (χ1v) is 4.76. The van der Waals surface area contributed by atoms with Gasteiger partial charge in [-0.3, -0.25) is 4.79 Å². The first-order chi connectivity index (χ1) is 5.61. The number of halogens is 1. The predicted molar refractivity (Wildman–Crippen MR) is 56.4 cm³/mol. The minimum Gasteiger partial charge on any atom is -0.353 e. The molecule has 66 valence electrons. The van der Waals surface area contributed by atoms with Crippen LogP contribution in [0.25, 0.3) is 0 Å². The Bertz CT molecular complexity index is 282. The van der Waals surface area contributed by atoms with Crippen LogP contribution >= 0.6 is 22.6 Å². The number of carbonyl (C=O) groups excluding carboxylic acids is 1. The van der Waals surface area contributed by atoms with Crippen molar-refractivity contribution in [2.75, 3.05) is 0 Å². The second kappa shape index (κ2) is 3.93. The van der Waals surface area contributed by atoms with Crippen molar-refractivity contribution in [3.63, 3.8) is 0 Å². The highest BCUT2D eigenvalue weighted by Crippen LogP contribution is 2.12. The number of rotatable bonds is 2. The molecule has 0 saturated heterocycles. The molecule has 1 heterocycles. The molecule has 0 spiro atoms. The number of hydrogen-bond acceptors (Lipinski definition) is 1. The Morgan fingerprint density at radius 1 is 1.75 bits per heavy atom. The molecule has 1 amide bonds. The molecule has 4 heteroatoms. The molecule has 0 aliphatic heterocycles. The molecule has 12 heavy (non-hydrogen) atoms. The zero-order valence-electron chi connectivity index (χ0n) is 7.04. The van der Waals surface area contributed by atoms with Crippen LogP contribution in [0.2, 0.25) is 0 Å².